The third kappa shape index (κ3) is 9.86. The van der Waals surface area contributed by atoms with E-state index < -0.39 is 10.1 Å². The van der Waals surface area contributed by atoms with E-state index in [1.54, 1.807) is 18.3 Å². The van der Waals surface area contributed by atoms with Gasteiger partial charge in [-0.25, -0.2) is 4.98 Å². The lowest BCUT2D eigenvalue weighted by Gasteiger charge is -2.16. The lowest BCUT2D eigenvalue weighted by Crippen LogP contribution is -2.25. The van der Waals surface area contributed by atoms with Crippen molar-refractivity contribution < 1.29 is 17.5 Å². The molecule has 9 nitrogen and oxygen atoms in total. The van der Waals surface area contributed by atoms with E-state index in [2.05, 4.69) is 32.2 Å². The number of halogens is 1. The van der Waals surface area contributed by atoms with Crippen LogP contribution in [0.4, 0.5) is 0 Å². The minimum absolute atomic E-state index is 0.135. The SMILES string of the molecule is CCN(CC)CCCS(=O)(=O)O.N[C@H](CCc1ccccc1)c1nc(-c2cccnc2Cl)no1. The molecular formula is C23H32ClN5O4S. The zero-order valence-corrected chi connectivity index (χ0v) is 21.0. The predicted molar refractivity (Wildman–Crippen MR) is 133 cm³/mol. The van der Waals surface area contributed by atoms with Crippen LogP contribution < -0.4 is 5.73 Å². The van der Waals surface area contributed by atoms with Gasteiger partial charge in [-0.3, -0.25) is 4.55 Å². The molecule has 0 saturated carbocycles. The van der Waals surface area contributed by atoms with Crippen molar-refractivity contribution in [3.63, 3.8) is 0 Å². The van der Waals surface area contributed by atoms with E-state index in [4.69, 9.17) is 26.4 Å². The second-order valence-electron chi connectivity index (χ2n) is 7.60. The Kier molecular flexibility index (Phi) is 11.6. The first kappa shape index (κ1) is 27.9. The van der Waals surface area contributed by atoms with Crippen LogP contribution in [0.1, 0.15) is 44.2 Å². The summed E-state index contributed by atoms with van der Waals surface area (Å²) in [6.45, 7) is 6.62. The molecule has 3 aromatic rings. The van der Waals surface area contributed by atoms with Crippen LogP contribution in [0.3, 0.4) is 0 Å². The van der Waals surface area contributed by atoms with Gasteiger partial charge in [-0.2, -0.15) is 13.4 Å². The molecule has 1 atom stereocenters. The molecule has 0 saturated heterocycles. The molecule has 0 aliphatic heterocycles. The van der Waals surface area contributed by atoms with Crippen molar-refractivity contribution in [2.24, 2.45) is 5.73 Å². The lowest BCUT2D eigenvalue weighted by atomic mass is 10.1. The smallest absolute Gasteiger partial charge is 0.264 e. The topological polar surface area (TPSA) is 135 Å². The van der Waals surface area contributed by atoms with Crippen LogP contribution in [0.2, 0.25) is 5.15 Å². The van der Waals surface area contributed by atoms with Gasteiger partial charge >= 0.3 is 0 Å². The normalized spacial score (nSPS) is 12.3. The second kappa shape index (κ2) is 14.1. The first-order valence-electron chi connectivity index (χ1n) is 11.1. The van der Waals surface area contributed by atoms with Crippen LogP contribution in [0.25, 0.3) is 11.4 Å². The molecule has 1 aromatic carbocycles. The fourth-order valence-electron chi connectivity index (χ4n) is 3.15. The number of pyridine rings is 1. The molecule has 0 amide bonds. The molecule has 0 aliphatic carbocycles. The fraction of sp³-hybridized carbons (Fsp3) is 0.435. The Labute approximate surface area is 206 Å². The van der Waals surface area contributed by atoms with E-state index in [0.717, 1.165) is 32.5 Å². The van der Waals surface area contributed by atoms with Crippen molar-refractivity contribution >= 4 is 21.7 Å². The highest BCUT2D eigenvalue weighted by molar-refractivity contribution is 7.85. The van der Waals surface area contributed by atoms with Crippen LogP contribution in [-0.2, 0) is 16.5 Å². The Balaban J connectivity index is 0.000000292. The Hall–Kier alpha value is -2.37. The molecule has 2 heterocycles. The van der Waals surface area contributed by atoms with Crippen molar-refractivity contribution in [1.82, 2.24) is 20.0 Å². The van der Waals surface area contributed by atoms with Crippen LogP contribution in [0.5, 0.6) is 0 Å². The van der Waals surface area contributed by atoms with Crippen LogP contribution in [0.15, 0.2) is 53.2 Å². The molecule has 0 fully saturated rings. The van der Waals surface area contributed by atoms with Crippen molar-refractivity contribution in [1.29, 1.82) is 0 Å². The van der Waals surface area contributed by atoms with E-state index in [1.807, 2.05) is 32.0 Å². The van der Waals surface area contributed by atoms with E-state index in [0.29, 0.717) is 28.9 Å². The molecule has 34 heavy (non-hydrogen) atoms. The predicted octanol–water partition coefficient (Wildman–Crippen LogP) is 4.02. The highest BCUT2D eigenvalue weighted by Gasteiger charge is 2.17. The maximum absolute atomic E-state index is 10.3. The van der Waals surface area contributed by atoms with Crippen molar-refractivity contribution in [2.75, 3.05) is 25.4 Å². The Morgan fingerprint density at radius 2 is 1.85 bits per heavy atom. The zero-order chi connectivity index (χ0) is 25.0. The van der Waals surface area contributed by atoms with Crippen molar-refractivity contribution in [2.45, 2.75) is 39.2 Å². The molecule has 0 unspecified atom stereocenters. The van der Waals surface area contributed by atoms with Gasteiger partial charge in [0.2, 0.25) is 11.7 Å². The number of aryl methyl sites for hydroxylation is 1. The third-order valence-electron chi connectivity index (χ3n) is 5.12. The molecule has 3 rings (SSSR count). The highest BCUT2D eigenvalue weighted by Crippen LogP contribution is 2.24. The van der Waals surface area contributed by atoms with Crippen molar-refractivity contribution in [3.8, 4) is 11.4 Å². The average molecular weight is 510 g/mol. The van der Waals surface area contributed by atoms with E-state index >= 15 is 0 Å². The molecule has 2 aromatic heterocycles. The minimum Gasteiger partial charge on any atom is -0.337 e. The standard InChI is InChI=1S/C16H15ClN4O.C7H17NO3S/c17-14-12(7-4-10-19-14)15-20-16(22-21-15)13(18)9-8-11-5-2-1-3-6-11;1-3-8(4-2)6-5-7-12(9,10)11/h1-7,10,13H,8-9,18H2;3-7H2,1-2H3,(H,9,10,11)/t13-;/m1./s1. The Bertz CT molecular complexity index is 1090. The number of nitrogens with zero attached hydrogens (tertiary/aromatic N) is 4. The minimum atomic E-state index is -3.76. The number of nitrogens with two attached hydrogens (primary N) is 1. The molecule has 0 radical (unpaired) electrons. The summed E-state index contributed by atoms with van der Waals surface area (Å²) in [6.07, 6.45) is 3.69. The van der Waals surface area contributed by atoms with Crippen LogP contribution in [-0.4, -0.2) is 58.4 Å². The molecule has 0 bridgehead atoms. The maximum Gasteiger partial charge on any atom is 0.264 e. The van der Waals surface area contributed by atoms with Crippen LogP contribution in [0, 0.1) is 0 Å². The molecule has 11 heteroatoms. The Morgan fingerprint density at radius 1 is 1.15 bits per heavy atom. The van der Waals surface area contributed by atoms with Gasteiger partial charge in [0.1, 0.15) is 5.15 Å². The average Bonchev–Trinajstić information content (AvgIpc) is 3.31. The summed E-state index contributed by atoms with van der Waals surface area (Å²) in [6, 6.07) is 13.4. The molecule has 186 valence electrons. The van der Waals surface area contributed by atoms with Gasteiger partial charge in [0.15, 0.2) is 0 Å². The van der Waals surface area contributed by atoms with Gasteiger partial charge in [-0.05, 0) is 56.6 Å². The summed E-state index contributed by atoms with van der Waals surface area (Å²) in [4.78, 5) is 10.4. The zero-order valence-electron chi connectivity index (χ0n) is 19.5. The van der Waals surface area contributed by atoms with Gasteiger partial charge in [0.05, 0.1) is 17.4 Å². The molecule has 0 aliphatic rings. The summed E-state index contributed by atoms with van der Waals surface area (Å²) in [7, 11) is -3.76. The van der Waals surface area contributed by atoms with E-state index in [1.165, 1.54) is 5.56 Å². The quantitative estimate of drug-likeness (QED) is 0.290. The van der Waals surface area contributed by atoms with Gasteiger partial charge in [-0.1, -0.05) is 60.9 Å². The van der Waals surface area contributed by atoms with Crippen LogP contribution >= 0.6 is 11.6 Å². The van der Waals surface area contributed by atoms with E-state index in [-0.39, 0.29) is 11.8 Å². The third-order valence-corrected chi connectivity index (χ3v) is 6.22. The molecule has 3 N–H and O–H groups in total. The van der Waals surface area contributed by atoms with Gasteiger partial charge in [0.25, 0.3) is 10.1 Å². The number of aromatic nitrogens is 3. The first-order chi connectivity index (χ1) is 16.2. The summed E-state index contributed by atoms with van der Waals surface area (Å²) < 4.78 is 34.3. The van der Waals surface area contributed by atoms with E-state index in [9.17, 15) is 8.42 Å². The largest absolute Gasteiger partial charge is 0.337 e. The monoisotopic (exact) mass is 509 g/mol. The molecule has 0 spiro atoms. The highest BCUT2D eigenvalue weighted by atomic mass is 35.5. The number of benzene rings is 1. The maximum atomic E-state index is 10.3. The number of rotatable bonds is 11. The second-order valence-corrected chi connectivity index (χ2v) is 9.53. The summed E-state index contributed by atoms with van der Waals surface area (Å²) in [5, 5.41) is 4.27. The number of hydrogen-bond donors (Lipinski definition) is 2. The first-order valence-corrected chi connectivity index (χ1v) is 13.1. The Morgan fingerprint density at radius 3 is 2.47 bits per heavy atom. The van der Waals surface area contributed by atoms with Gasteiger partial charge in [-0.15, -0.1) is 0 Å². The summed E-state index contributed by atoms with van der Waals surface area (Å²) >= 11 is 6.02. The summed E-state index contributed by atoms with van der Waals surface area (Å²) in [5.74, 6) is 0.679. The van der Waals surface area contributed by atoms with Gasteiger partial charge < -0.3 is 15.2 Å². The summed E-state index contributed by atoms with van der Waals surface area (Å²) in [5.41, 5.74) is 7.99. The molecular weight excluding hydrogens is 478 g/mol. The van der Waals surface area contributed by atoms with Gasteiger partial charge in [0, 0.05) is 6.20 Å². The van der Waals surface area contributed by atoms with Crippen molar-refractivity contribution in [3.05, 3.63) is 65.3 Å². The fourth-order valence-corrected chi connectivity index (χ4v) is 3.85. The lowest BCUT2D eigenvalue weighted by molar-refractivity contribution is 0.304. The number of hydrogen-bond acceptors (Lipinski definition) is 8.